The lowest BCUT2D eigenvalue weighted by Gasteiger charge is -2.19. The second-order valence-corrected chi connectivity index (χ2v) is 15.3. The number of hydrogen-bond acceptors (Lipinski definition) is 8. The first-order valence-corrected chi connectivity index (χ1v) is 22.9. The minimum absolute atomic E-state index is 0.0424. The number of carbonyl (C=O) groups is 2. The molecule has 2 unspecified atom stereocenters. The van der Waals surface area contributed by atoms with Crippen molar-refractivity contribution in [3.05, 3.63) is 72.9 Å². The molecule has 0 aromatic carbocycles. The number of unbranched alkanes of at least 4 members (excludes halogenated alkanes) is 14. The summed E-state index contributed by atoms with van der Waals surface area (Å²) in [6.45, 7) is 3.52. The van der Waals surface area contributed by atoms with Crippen molar-refractivity contribution in [1.82, 2.24) is 0 Å². The molecule has 0 bridgehead atoms. The van der Waals surface area contributed by atoms with Gasteiger partial charge in [-0.2, -0.15) is 0 Å². The van der Waals surface area contributed by atoms with Crippen LogP contribution in [0.25, 0.3) is 0 Å². The number of esters is 2. The van der Waals surface area contributed by atoms with E-state index in [-0.39, 0.29) is 32.6 Å². The Labute approximate surface area is 335 Å². The van der Waals surface area contributed by atoms with Gasteiger partial charge in [-0.25, -0.2) is 4.57 Å². The molecule has 0 aliphatic rings. The quantitative estimate of drug-likeness (QED) is 0.0270. The molecular formula is C45H78NO8P. The fourth-order valence-electron chi connectivity index (χ4n) is 5.42. The summed E-state index contributed by atoms with van der Waals surface area (Å²) in [5, 5.41) is 0. The molecule has 0 amide bonds. The van der Waals surface area contributed by atoms with Crippen LogP contribution < -0.4 is 5.73 Å². The molecule has 0 rings (SSSR count). The number of phosphoric ester groups is 1. The first kappa shape index (κ1) is 52.5. The van der Waals surface area contributed by atoms with E-state index in [1.807, 2.05) is 0 Å². The van der Waals surface area contributed by atoms with Crippen LogP contribution in [0, 0.1) is 0 Å². The Morgan fingerprint density at radius 2 is 1.00 bits per heavy atom. The molecule has 0 heterocycles. The largest absolute Gasteiger partial charge is 0.472 e. The summed E-state index contributed by atoms with van der Waals surface area (Å²) in [6, 6.07) is 0. The fraction of sp³-hybridized carbons (Fsp3) is 0.689. The Kier molecular flexibility index (Phi) is 39.2. The third kappa shape index (κ3) is 40.9. The van der Waals surface area contributed by atoms with Crippen molar-refractivity contribution in [2.45, 2.75) is 174 Å². The number of carbonyl (C=O) groups excluding carboxylic acids is 2. The minimum Gasteiger partial charge on any atom is -0.462 e. The maximum Gasteiger partial charge on any atom is 0.472 e. The molecule has 0 aromatic heterocycles. The Balaban J connectivity index is 4.22. The smallest absolute Gasteiger partial charge is 0.462 e. The lowest BCUT2D eigenvalue weighted by molar-refractivity contribution is -0.161. The van der Waals surface area contributed by atoms with Crippen LogP contribution in [-0.2, 0) is 32.7 Å². The van der Waals surface area contributed by atoms with E-state index in [2.05, 4.69) is 86.8 Å². The van der Waals surface area contributed by atoms with Gasteiger partial charge in [0.05, 0.1) is 13.2 Å². The monoisotopic (exact) mass is 792 g/mol. The van der Waals surface area contributed by atoms with Gasteiger partial charge in [-0.3, -0.25) is 18.6 Å². The van der Waals surface area contributed by atoms with Gasteiger partial charge in [0.2, 0.25) is 0 Å². The molecule has 2 atom stereocenters. The van der Waals surface area contributed by atoms with E-state index >= 15 is 0 Å². The van der Waals surface area contributed by atoms with E-state index < -0.39 is 32.5 Å². The first-order valence-electron chi connectivity index (χ1n) is 21.4. The normalized spacial score (nSPS) is 14.0. The zero-order chi connectivity index (χ0) is 40.3. The molecule has 316 valence electrons. The zero-order valence-corrected chi connectivity index (χ0v) is 35.5. The summed E-state index contributed by atoms with van der Waals surface area (Å²) in [6.07, 6.45) is 49.3. The summed E-state index contributed by atoms with van der Waals surface area (Å²) in [5.74, 6) is -0.888. The molecule has 55 heavy (non-hydrogen) atoms. The maximum absolute atomic E-state index is 12.6. The van der Waals surface area contributed by atoms with E-state index in [0.29, 0.717) is 6.42 Å². The van der Waals surface area contributed by atoms with E-state index in [4.69, 9.17) is 24.3 Å². The van der Waals surface area contributed by atoms with Crippen LogP contribution in [0.1, 0.15) is 168 Å². The molecule has 0 saturated carbocycles. The van der Waals surface area contributed by atoms with E-state index in [0.717, 1.165) is 77.0 Å². The average molecular weight is 792 g/mol. The Hall–Kier alpha value is -2.55. The number of rotatable bonds is 39. The molecule has 9 nitrogen and oxygen atoms in total. The van der Waals surface area contributed by atoms with Crippen molar-refractivity contribution in [2.75, 3.05) is 26.4 Å². The van der Waals surface area contributed by atoms with Crippen LogP contribution in [0.15, 0.2) is 72.9 Å². The molecule has 0 aliphatic carbocycles. The standard InChI is InChI=1S/C45H78NO8P/c1-3-5-7-9-11-13-15-17-19-20-21-22-24-25-27-29-31-33-35-37-44(47)51-41-43(42-53-55(49,50)52-40-39-46)54-45(48)38-36-34-32-30-28-26-23-18-16-14-12-10-8-6-4-2/h6,8,11-14,17-19,23,28,30,43H,3-5,7,9-10,15-16,20-22,24-27,29,31-42,46H2,1-2H3,(H,49,50)/b8-6-,13-11-,14-12-,19-17-,23-18-,30-28-. The summed E-state index contributed by atoms with van der Waals surface area (Å²) < 4.78 is 32.7. The number of nitrogens with two attached hydrogens (primary N) is 1. The molecule has 0 fully saturated rings. The topological polar surface area (TPSA) is 134 Å². The highest BCUT2D eigenvalue weighted by Gasteiger charge is 2.25. The van der Waals surface area contributed by atoms with Gasteiger partial charge in [-0.1, -0.05) is 145 Å². The minimum atomic E-state index is -4.39. The Bertz CT molecular complexity index is 1130. The zero-order valence-electron chi connectivity index (χ0n) is 34.6. The molecule has 0 radical (unpaired) electrons. The molecule has 3 N–H and O–H groups in total. The van der Waals surface area contributed by atoms with E-state index in [1.54, 1.807) is 0 Å². The van der Waals surface area contributed by atoms with Crippen molar-refractivity contribution in [1.29, 1.82) is 0 Å². The van der Waals surface area contributed by atoms with Gasteiger partial charge in [0.15, 0.2) is 6.10 Å². The highest BCUT2D eigenvalue weighted by molar-refractivity contribution is 7.47. The lowest BCUT2D eigenvalue weighted by atomic mass is 10.1. The number of phosphoric acid groups is 1. The van der Waals surface area contributed by atoms with Crippen molar-refractivity contribution in [3.63, 3.8) is 0 Å². The third-order valence-corrected chi connectivity index (χ3v) is 9.56. The summed E-state index contributed by atoms with van der Waals surface area (Å²) in [7, 11) is -4.39. The number of ether oxygens (including phenoxy) is 2. The molecule has 0 aromatic rings. The number of hydrogen-bond donors (Lipinski definition) is 2. The third-order valence-electron chi connectivity index (χ3n) is 8.58. The van der Waals surface area contributed by atoms with Gasteiger partial charge in [0.25, 0.3) is 0 Å². The first-order chi connectivity index (χ1) is 26.8. The van der Waals surface area contributed by atoms with Gasteiger partial charge < -0.3 is 20.1 Å². The molecule has 0 aliphatic heterocycles. The van der Waals surface area contributed by atoms with Gasteiger partial charge in [0.1, 0.15) is 6.61 Å². The average Bonchev–Trinajstić information content (AvgIpc) is 3.17. The molecular weight excluding hydrogens is 713 g/mol. The van der Waals surface area contributed by atoms with Crippen molar-refractivity contribution < 1.29 is 37.6 Å². The summed E-state index contributed by atoms with van der Waals surface area (Å²) >= 11 is 0. The van der Waals surface area contributed by atoms with Crippen LogP contribution in [0.3, 0.4) is 0 Å². The predicted molar refractivity (Wildman–Crippen MR) is 229 cm³/mol. The van der Waals surface area contributed by atoms with Crippen molar-refractivity contribution in [3.8, 4) is 0 Å². The lowest BCUT2D eigenvalue weighted by Crippen LogP contribution is -2.29. The highest BCUT2D eigenvalue weighted by atomic mass is 31.2. The summed E-state index contributed by atoms with van der Waals surface area (Å²) in [5.41, 5.74) is 5.34. The SMILES string of the molecule is CC/C=C\C/C=C\C/C=C\C/C=C\CCCCC(=O)OC(COC(=O)CCCCCCCCCCC/C=C\C/C=C\CCCCC)COP(=O)(O)OCCN. The number of allylic oxidation sites excluding steroid dienone is 12. The van der Waals surface area contributed by atoms with Crippen molar-refractivity contribution in [2.24, 2.45) is 5.73 Å². The molecule has 0 saturated heterocycles. The fourth-order valence-corrected chi connectivity index (χ4v) is 6.18. The van der Waals surface area contributed by atoms with Crippen LogP contribution >= 0.6 is 7.82 Å². The predicted octanol–water partition coefficient (Wildman–Crippen LogP) is 12.3. The van der Waals surface area contributed by atoms with Gasteiger partial charge in [-0.15, -0.1) is 0 Å². The van der Waals surface area contributed by atoms with E-state index in [9.17, 15) is 19.0 Å². The van der Waals surface area contributed by atoms with Crippen LogP contribution in [-0.4, -0.2) is 49.3 Å². The molecule has 0 spiro atoms. The summed E-state index contributed by atoms with van der Waals surface area (Å²) in [4.78, 5) is 34.8. The van der Waals surface area contributed by atoms with Crippen LogP contribution in [0.5, 0.6) is 0 Å². The van der Waals surface area contributed by atoms with E-state index in [1.165, 1.54) is 57.8 Å². The van der Waals surface area contributed by atoms with Crippen LogP contribution in [0.4, 0.5) is 0 Å². The van der Waals surface area contributed by atoms with Gasteiger partial charge in [0, 0.05) is 19.4 Å². The second kappa shape index (κ2) is 41.1. The molecule has 10 heteroatoms. The second-order valence-electron chi connectivity index (χ2n) is 13.8. The Morgan fingerprint density at radius 3 is 1.53 bits per heavy atom. The van der Waals surface area contributed by atoms with Gasteiger partial charge >= 0.3 is 19.8 Å². The maximum atomic E-state index is 12.6. The Morgan fingerprint density at radius 1 is 0.564 bits per heavy atom. The van der Waals surface area contributed by atoms with Crippen molar-refractivity contribution >= 4 is 19.8 Å². The van der Waals surface area contributed by atoms with Crippen LogP contribution in [0.2, 0.25) is 0 Å². The van der Waals surface area contributed by atoms with Gasteiger partial charge in [-0.05, 0) is 83.5 Å². The highest BCUT2D eigenvalue weighted by Crippen LogP contribution is 2.43.